The molecule has 152 valence electrons. The summed E-state index contributed by atoms with van der Waals surface area (Å²) < 4.78 is 6.35. The van der Waals surface area contributed by atoms with E-state index >= 15 is 0 Å². The molecule has 1 heterocycles. The van der Waals surface area contributed by atoms with Crippen molar-refractivity contribution in [3.05, 3.63) is 65.2 Å². The molecule has 2 aromatic carbocycles. The van der Waals surface area contributed by atoms with Gasteiger partial charge in [-0.1, -0.05) is 56.3 Å². The minimum absolute atomic E-state index is 0.0791. The number of thiazole rings is 1. The van der Waals surface area contributed by atoms with E-state index < -0.39 is 12.1 Å². The first-order valence-electron chi connectivity index (χ1n) is 9.50. The summed E-state index contributed by atoms with van der Waals surface area (Å²) in [5, 5.41) is 3.57. The molecule has 29 heavy (non-hydrogen) atoms. The van der Waals surface area contributed by atoms with Gasteiger partial charge in [-0.15, -0.1) is 11.3 Å². The highest BCUT2D eigenvalue weighted by atomic mass is 32.1. The third-order valence-corrected chi connectivity index (χ3v) is 5.53. The molecule has 0 unspecified atom stereocenters. The fourth-order valence-electron chi connectivity index (χ4n) is 2.91. The topological polar surface area (TPSA) is 71.5 Å². The molecule has 2 amide bonds. The van der Waals surface area contributed by atoms with Gasteiger partial charge in [0.25, 0.3) is 0 Å². The number of alkyl carbamates (subject to hydrolysis) is 1. The number of carbonyl (C=O) groups excluding carboxylic acids is 2. The van der Waals surface area contributed by atoms with E-state index in [0.29, 0.717) is 6.54 Å². The second-order valence-electron chi connectivity index (χ2n) is 7.20. The van der Waals surface area contributed by atoms with Gasteiger partial charge in [-0.05, 0) is 23.6 Å². The summed E-state index contributed by atoms with van der Waals surface area (Å²) in [4.78, 5) is 31.3. The number of hydrogen-bond acceptors (Lipinski definition) is 5. The van der Waals surface area contributed by atoms with Crippen LogP contribution in [-0.4, -0.2) is 35.0 Å². The van der Waals surface area contributed by atoms with Crippen molar-refractivity contribution in [2.24, 2.45) is 5.92 Å². The molecule has 0 fully saturated rings. The van der Waals surface area contributed by atoms with E-state index in [-0.39, 0.29) is 18.4 Å². The minimum Gasteiger partial charge on any atom is -0.445 e. The molecule has 3 aromatic rings. The van der Waals surface area contributed by atoms with Crippen molar-refractivity contribution < 1.29 is 14.3 Å². The summed E-state index contributed by atoms with van der Waals surface area (Å²) in [6.07, 6.45) is -0.603. The molecule has 0 aliphatic carbocycles. The number of hydrogen-bond donors (Lipinski definition) is 1. The van der Waals surface area contributed by atoms with Gasteiger partial charge in [0.05, 0.1) is 16.8 Å². The van der Waals surface area contributed by atoms with Gasteiger partial charge < -0.3 is 15.0 Å². The standard InChI is InChI=1S/C22H25N3O3S/c1-15(2)20(24-22(27)28-14-16-9-5-4-6-10-16)21(26)25(3)13-19-23-17-11-7-8-12-18(17)29-19/h4-12,15,20H,13-14H2,1-3H3,(H,24,27)/t20-/m0/s1. The Morgan fingerprint density at radius 1 is 1.10 bits per heavy atom. The minimum atomic E-state index is -0.669. The van der Waals surface area contributed by atoms with Crippen LogP contribution in [0.2, 0.25) is 0 Å². The number of ether oxygens (including phenoxy) is 1. The van der Waals surface area contributed by atoms with Crippen LogP contribution in [0.4, 0.5) is 4.79 Å². The van der Waals surface area contributed by atoms with Crippen molar-refractivity contribution in [2.75, 3.05) is 7.05 Å². The van der Waals surface area contributed by atoms with Gasteiger partial charge in [0, 0.05) is 7.05 Å². The molecule has 0 radical (unpaired) electrons. The van der Waals surface area contributed by atoms with Gasteiger partial charge in [-0.2, -0.15) is 0 Å². The molecular weight excluding hydrogens is 386 g/mol. The molecule has 3 rings (SSSR count). The Balaban J connectivity index is 1.59. The van der Waals surface area contributed by atoms with Crippen LogP contribution < -0.4 is 5.32 Å². The lowest BCUT2D eigenvalue weighted by Gasteiger charge is -2.26. The molecule has 0 saturated heterocycles. The number of likely N-dealkylation sites (N-methyl/N-ethyl adjacent to an activating group) is 1. The molecule has 1 atom stereocenters. The van der Waals surface area contributed by atoms with E-state index in [4.69, 9.17) is 4.74 Å². The summed E-state index contributed by atoms with van der Waals surface area (Å²) >= 11 is 1.57. The van der Waals surface area contributed by atoms with Gasteiger partial charge in [0.1, 0.15) is 17.7 Å². The van der Waals surface area contributed by atoms with E-state index in [1.807, 2.05) is 68.4 Å². The van der Waals surface area contributed by atoms with Gasteiger partial charge in [0.15, 0.2) is 0 Å². The van der Waals surface area contributed by atoms with Gasteiger partial charge in [0.2, 0.25) is 5.91 Å². The average molecular weight is 412 g/mol. The number of nitrogens with zero attached hydrogens (tertiary/aromatic N) is 2. The Kier molecular flexibility index (Phi) is 6.82. The Labute approximate surface area is 174 Å². The number of para-hydroxylation sites is 1. The number of benzene rings is 2. The van der Waals surface area contributed by atoms with Crippen molar-refractivity contribution in [1.82, 2.24) is 15.2 Å². The maximum Gasteiger partial charge on any atom is 0.408 e. The zero-order valence-electron chi connectivity index (χ0n) is 16.8. The first-order valence-corrected chi connectivity index (χ1v) is 10.3. The Morgan fingerprint density at radius 3 is 2.48 bits per heavy atom. The fraction of sp³-hybridized carbons (Fsp3) is 0.318. The highest BCUT2D eigenvalue weighted by Gasteiger charge is 2.28. The number of fused-ring (bicyclic) bond motifs is 1. The van der Waals surface area contributed by atoms with Crippen molar-refractivity contribution in [1.29, 1.82) is 0 Å². The number of nitrogens with one attached hydrogen (secondary N) is 1. The predicted molar refractivity (Wildman–Crippen MR) is 114 cm³/mol. The summed E-state index contributed by atoms with van der Waals surface area (Å²) in [6, 6.07) is 16.6. The van der Waals surface area contributed by atoms with Crippen LogP contribution in [0.15, 0.2) is 54.6 Å². The lowest BCUT2D eigenvalue weighted by molar-refractivity contribution is -0.133. The molecule has 1 aromatic heterocycles. The molecule has 0 spiro atoms. The van der Waals surface area contributed by atoms with E-state index in [1.54, 1.807) is 23.3 Å². The van der Waals surface area contributed by atoms with Crippen molar-refractivity contribution >= 4 is 33.6 Å². The lowest BCUT2D eigenvalue weighted by Crippen LogP contribution is -2.50. The smallest absolute Gasteiger partial charge is 0.408 e. The Morgan fingerprint density at radius 2 is 1.79 bits per heavy atom. The Bertz CT molecular complexity index is 939. The summed E-state index contributed by atoms with van der Waals surface area (Å²) in [5.41, 5.74) is 1.82. The maximum absolute atomic E-state index is 12.9. The number of amides is 2. The monoisotopic (exact) mass is 411 g/mol. The molecule has 1 N–H and O–H groups in total. The third-order valence-electron chi connectivity index (χ3n) is 4.51. The fourth-order valence-corrected chi connectivity index (χ4v) is 3.93. The average Bonchev–Trinajstić information content (AvgIpc) is 3.12. The first kappa shape index (κ1) is 20.8. The number of aromatic nitrogens is 1. The summed E-state index contributed by atoms with van der Waals surface area (Å²) in [7, 11) is 1.72. The molecule has 0 saturated carbocycles. The van der Waals surface area contributed by atoms with Gasteiger partial charge in [-0.3, -0.25) is 4.79 Å². The summed E-state index contributed by atoms with van der Waals surface area (Å²) in [6.45, 7) is 4.34. The van der Waals surface area contributed by atoms with Crippen molar-refractivity contribution in [3.8, 4) is 0 Å². The normalized spacial score (nSPS) is 12.0. The first-order chi connectivity index (χ1) is 13.9. The molecular formula is C22H25N3O3S. The zero-order valence-corrected chi connectivity index (χ0v) is 17.6. The van der Waals surface area contributed by atoms with E-state index in [1.165, 1.54) is 0 Å². The number of rotatable bonds is 7. The van der Waals surface area contributed by atoms with E-state index in [9.17, 15) is 9.59 Å². The van der Waals surface area contributed by atoms with E-state index in [2.05, 4.69) is 10.3 Å². The van der Waals surface area contributed by atoms with Gasteiger partial charge in [-0.25, -0.2) is 9.78 Å². The lowest BCUT2D eigenvalue weighted by atomic mass is 10.0. The second-order valence-corrected chi connectivity index (χ2v) is 8.31. The van der Waals surface area contributed by atoms with Crippen LogP contribution in [0.3, 0.4) is 0 Å². The van der Waals surface area contributed by atoms with Crippen LogP contribution in [0.25, 0.3) is 10.2 Å². The van der Waals surface area contributed by atoms with E-state index in [0.717, 1.165) is 20.8 Å². The van der Waals surface area contributed by atoms with Gasteiger partial charge >= 0.3 is 6.09 Å². The summed E-state index contributed by atoms with van der Waals surface area (Å²) in [5.74, 6) is -0.250. The van der Waals surface area contributed by atoms with Crippen LogP contribution in [-0.2, 0) is 22.7 Å². The molecule has 0 aliphatic rings. The van der Waals surface area contributed by atoms with Crippen LogP contribution in [0.5, 0.6) is 0 Å². The zero-order chi connectivity index (χ0) is 20.8. The molecule has 7 heteroatoms. The molecule has 0 bridgehead atoms. The molecule has 0 aliphatic heterocycles. The second kappa shape index (κ2) is 9.52. The number of carbonyl (C=O) groups is 2. The Hall–Kier alpha value is -2.93. The third kappa shape index (κ3) is 5.54. The quantitative estimate of drug-likeness (QED) is 0.632. The van der Waals surface area contributed by atoms with Crippen LogP contribution >= 0.6 is 11.3 Å². The highest BCUT2D eigenvalue weighted by Crippen LogP contribution is 2.22. The van der Waals surface area contributed by atoms with Crippen LogP contribution in [0, 0.1) is 5.92 Å². The predicted octanol–water partition coefficient (Wildman–Crippen LogP) is 4.21. The highest BCUT2D eigenvalue weighted by molar-refractivity contribution is 7.18. The maximum atomic E-state index is 12.9. The molecule has 6 nitrogen and oxygen atoms in total. The van der Waals surface area contributed by atoms with Crippen molar-refractivity contribution in [2.45, 2.75) is 33.0 Å². The van der Waals surface area contributed by atoms with Crippen LogP contribution in [0.1, 0.15) is 24.4 Å². The SMILES string of the molecule is CC(C)[C@H](NC(=O)OCc1ccccc1)C(=O)N(C)Cc1nc2ccccc2s1. The largest absolute Gasteiger partial charge is 0.445 e. The van der Waals surface area contributed by atoms with Crippen molar-refractivity contribution in [3.63, 3.8) is 0 Å².